The number of fused-ring (bicyclic) bond motifs is 10. The molecule has 242 valence electrons. The van der Waals surface area contributed by atoms with E-state index in [1.165, 1.54) is 93.0 Å². The average molecular weight is 661 g/mol. The topological polar surface area (TPSA) is 9.86 Å². The molecule has 0 atom stereocenters. The van der Waals surface area contributed by atoms with Gasteiger partial charge >= 0.3 is 0 Å². The van der Waals surface area contributed by atoms with Crippen LogP contribution in [-0.2, 0) is 0 Å². The quantitative estimate of drug-likeness (QED) is 0.166. The van der Waals surface area contributed by atoms with Gasteiger partial charge in [0.1, 0.15) is 0 Å². The van der Waals surface area contributed by atoms with E-state index in [2.05, 4.69) is 203 Å². The number of benzene rings is 9. The number of aromatic nitrogens is 2. The van der Waals surface area contributed by atoms with Gasteiger partial charge in [0.2, 0.25) is 0 Å². The summed E-state index contributed by atoms with van der Waals surface area (Å²) < 4.78 is 4.80. The van der Waals surface area contributed by atoms with Gasteiger partial charge in [-0.05, 0) is 92.3 Å². The van der Waals surface area contributed by atoms with Crippen molar-refractivity contribution < 1.29 is 0 Å². The van der Waals surface area contributed by atoms with Gasteiger partial charge in [0.15, 0.2) is 0 Å². The lowest BCUT2D eigenvalue weighted by molar-refractivity contribution is 1.13. The van der Waals surface area contributed by atoms with Gasteiger partial charge in [0, 0.05) is 38.8 Å². The number of nitrogens with zero attached hydrogens (tertiary/aromatic N) is 2. The predicted octanol–water partition coefficient (Wildman–Crippen LogP) is 13.5. The van der Waals surface area contributed by atoms with Crippen LogP contribution in [0, 0.1) is 0 Å². The molecule has 0 amide bonds. The van der Waals surface area contributed by atoms with Crippen molar-refractivity contribution in [3.8, 4) is 33.6 Å². The third kappa shape index (κ3) is 4.31. The Morgan fingerprint density at radius 2 is 0.923 bits per heavy atom. The second-order valence-corrected chi connectivity index (χ2v) is 13.8. The smallest absolute Gasteiger partial charge is 0.0626 e. The van der Waals surface area contributed by atoms with Gasteiger partial charge in [-0.3, -0.25) is 0 Å². The number of hydrogen-bond acceptors (Lipinski definition) is 0. The van der Waals surface area contributed by atoms with E-state index in [1.54, 1.807) is 0 Å². The lowest BCUT2D eigenvalue weighted by Gasteiger charge is -2.14. The first-order valence-corrected chi connectivity index (χ1v) is 17.9. The summed E-state index contributed by atoms with van der Waals surface area (Å²) in [5, 5.41) is 11.4. The third-order valence-electron chi connectivity index (χ3n) is 10.9. The first kappa shape index (κ1) is 28.9. The molecule has 0 saturated carbocycles. The van der Waals surface area contributed by atoms with Crippen LogP contribution in [0.25, 0.3) is 98.7 Å². The Bertz CT molecular complexity index is 3160. The molecule has 0 aliphatic carbocycles. The Morgan fingerprint density at radius 3 is 1.73 bits per heavy atom. The van der Waals surface area contributed by atoms with Crippen molar-refractivity contribution in [1.29, 1.82) is 0 Å². The van der Waals surface area contributed by atoms with Gasteiger partial charge in [0.25, 0.3) is 0 Å². The highest BCUT2D eigenvalue weighted by atomic mass is 15.0. The molecule has 11 rings (SSSR count). The molecule has 0 aliphatic rings. The minimum atomic E-state index is 1.16. The van der Waals surface area contributed by atoms with E-state index in [1.807, 2.05) is 0 Å². The molecule has 0 radical (unpaired) electrons. The monoisotopic (exact) mass is 660 g/mol. The van der Waals surface area contributed by atoms with Crippen molar-refractivity contribution in [3.63, 3.8) is 0 Å². The van der Waals surface area contributed by atoms with Gasteiger partial charge < -0.3 is 9.13 Å². The van der Waals surface area contributed by atoms with E-state index in [0.29, 0.717) is 0 Å². The van der Waals surface area contributed by atoms with Crippen LogP contribution in [0.4, 0.5) is 0 Å². The molecule has 0 fully saturated rings. The van der Waals surface area contributed by atoms with Crippen molar-refractivity contribution >= 4 is 65.0 Å². The SMILES string of the molecule is c1ccc(-c2ccc(-n3ccc4cc(-c5ccc6c(c5)c5c7ccccc7c7ccccc7c5n6-c5cccc6ccccc56)ccc43)cc2)cc1. The van der Waals surface area contributed by atoms with E-state index < -0.39 is 0 Å². The zero-order chi connectivity index (χ0) is 34.2. The molecular weight excluding hydrogens is 629 g/mol. The molecule has 0 unspecified atom stereocenters. The molecule has 0 aliphatic heterocycles. The summed E-state index contributed by atoms with van der Waals surface area (Å²) in [5.74, 6) is 0. The fraction of sp³-hybridized carbons (Fsp3) is 0. The summed E-state index contributed by atoms with van der Waals surface area (Å²) in [6, 6.07) is 68.8. The second kappa shape index (κ2) is 11.3. The molecule has 2 heteroatoms. The first-order chi connectivity index (χ1) is 25.8. The van der Waals surface area contributed by atoms with Crippen LogP contribution in [0.15, 0.2) is 194 Å². The highest BCUT2D eigenvalue weighted by Crippen LogP contribution is 2.44. The molecular formula is C50H32N2. The molecule has 11 aromatic rings. The van der Waals surface area contributed by atoms with Crippen LogP contribution in [0.5, 0.6) is 0 Å². The van der Waals surface area contributed by atoms with Gasteiger partial charge in [0.05, 0.1) is 22.2 Å². The van der Waals surface area contributed by atoms with Gasteiger partial charge in [-0.15, -0.1) is 0 Å². The van der Waals surface area contributed by atoms with Crippen molar-refractivity contribution in [2.75, 3.05) is 0 Å². The largest absolute Gasteiger partial charge is 0.317 e. The maximum absolute atomic E-state index is 2.51. The fourth-order valence-corrected chi connectivity index (χ4v) is 8.50. The molecule has 2 heterocycles. The molecule has 0 bridgehead atoms. The summed E-state index contributed by atoms with van der Waals surface area (Å²) in [6.07, 6.45) is 2.18. The maximum atomic E-state index is 2.51. The molecule has 2 aromatic heterocycles. The summed E-state index contributed by atoms with van der Waals surface area (Å²) in [4.78, 5) is 0. The van der Waals surface area contributed by atoms with Crippen molar-refractivity contribution in [2.45, 2.75) is 0 Å². The van der Waals surface area contributed by atoms with Crippen molar-refractivity contribution in [2.24, 2.45) is 0 Å². The normalized spacial score (nSPS) is 11.8. The summed E-state index contributed by atoms with van der Waals surface area (Å²) in [5.41, 5.74) is 10.9. The van der Waals surface area contributed by atoms with Crippen LogP contribution in [0.2, 0.25) is 0 Å². The minimum Gasteiger partial charge on any atom is -0.317 e. The van der Waals surface area contributed by atoms with Gasteiger partial charge in [-0.25, -0.2) is 0 Å². The lowest BCUT2D eigenvalue weighted by atomic mass is 9.95. The highest BCUT2D eigenvalue weighted by Gasteiger charge is 2.20. The van der Waals surface area contributed by atoms with Crippen molar-refractivity contribution in [3.05, 3.63) is 194 Å². The predicted molar refractivity (Wildman–Crippen MR) is 221 cm³/mol. The van der Waals surface area contributed by atoms with Crippen LogP contribution in [0.3, 0.4) is 0 Å². The van der Waals surface area contributed by atoms with E-state index in [9.17, 15) is 0 Å². The summed E-state index contributed by atoms with van der Waals surface area (Å²) in [7, 11) is 0. The van der Waals surface area contributed by atoms with E-state index >= 15 is 0 Å². The second-order valence-electron chi connectivity index (χ2n) is 13.8. The van der Waals surface area contributed by atoms with Crippen LogP contribution in [-0.4, -0.2) is 9.13 Å². The Balaban J connectivity index is 1.12. The van der Waals surface area contributed by atoms with E-state index in [0.717, 1.165) is 5.69 Å². The Kier molecular flexibility index (Phi) is 6.28. The lowest BCUT2D eigenvalue weighted by Crippen LogP contribution is -1.96. The Hall–Kier alpha value is -6.90. The molecule has 2 nitrogen and oxygen atoms in total. The Labute approximate surface area is 301 Å². The van der Waals surface area contributed by atoms with Crippen molar-refractivity contribution in [1.82, 2.24) is 9.13 Å². The van der Waals surface area contributed by atoms with Crippen LogP contribution < -0.4 is 0 Å². The molecule has 0 N–H and O–H groups in total. The summed E-state index contributed by atoms with van der Waals surface area (Å²) in [6.45, 7) is 0. The summed E-state index contributed by atoms with van der Waals surface area (Å²) >= 11 is 0. The molecule has 9 aromatic carbocycles. The van der Waals surface area contributed by atoms with Crippen LogP contribution in [0.1, 0.15) is 0 Å². The average Bonchev–Trinajstić information content (AvgIpc) is 3.80. The first-order valence-electron chi connectivity index (χ1n) is 17.9. The number of hydrogen-bond donors (Lipinski definition) is 0. The van der Waals surface area contributed by atoms with E-state index in [-0.39, 0.29) is 0 Å². The third-order valence-corrected chi connectivity index (χ3v) is 10.9. The molecule has 0 saturated heterocycles. The number of rotatable bonds is 4. The standard InChI is InChI=1S/C50H32N2/c1-2-11-33(12-3-1)34-21-25-39(26-22-34)51-30-29-38-31-36(23-27-46(38)51)37-24-28-48-45(32-37)49-43-18-8-6-16-41(43)42-17-7-9-19-44(42)50(49)52(48)47-20-10-14-35-13-4-5-15-40(35)47/h1-32H. The van der Waals surface area contributed by atoms with Crippen LogP contribution >= 0.6 is 0 Å². The van der Waals surface area contributed by atoms with Gasteiger partial charge in [-0.1, -0.05) is 140 Å². The minimum absolute atomic E-state index is 1.16. The fourth-order valence-electron chi connectivity index (χ4n) is 8.50. The zero-order valence-electron chi connectivity index (χ0n) is 28.4. The van der Waals surface area contributed by atoms with Gasteiger partial charge in [-0.2, -0.15) is 0 Å². The Morgan fingerprint density at radius 1 is 0.327 bits per heavy atom. The molecule has 52 heavy (non-hydrogen) atoms. The highest BCUT2D eigenvalue weighted by molar-refractivity contribution is 6.32. The maximum Gasteiger partial charge on any atom is 0.0626 e. The van der Waals surface area contributed by atoms with E-state index in [4.69, 9.17) is 0 Å². The zero-order valence-corrected chi connectivity index (χ0v) is 28.4. The molecule has 0 spiro atoms.